The number of thioether (sulfide) groups is 1. The maximum Gasteiger partial charge on any atom is 0.337 e. The minimum atomic E-state index is -0.425. The lowest BCUT2D eigenvalue weighted by Crippen LogP contribution is -2.28. The number of nitrogens with zero attached hydrogens (tertiary/aromatic N) is 2. The maximum absolute atomic E-state index is 12.8. The number of rotatable bonds is 7. The van der Waals surface area contributed by atoms with Crippen molar-refractivity contribution in [3.63, 3.8) is 0 Å². The van der Waals surface area contributed by atoms with Gasteiger partial charge in [-0.05, 0) is 67.1 Å². The van der Waals surface area contributed by atoms with Gasteiger partial charge < -0.3 is 9.47 Å². The van der Waals surface area contributed by atoms with Crippen LogP contribution in [0.1, 0.15) is 36.2 Å². The normalized spacial score (nSPS) is 16.4. The van der Waals surface area contributed by atoms with Gasteiger partial charge in [-0.15, -0.1) is 0 Å². The average Bonchev–Trinajstić information content (AvgIpc) is 3.06. The van der Waals surface area contributed by atoms with Crippen LogP contribution in [0.5, 0.6) is 5.75 Å². The van der Waals surface area contributed by atoms with E-state index in [4.69, 9.17) is 9.47 Å². The predicted molar refractivity (Wildman–Crippen MR) is 120 cm³/mol. The van der Waals surface area contributed by atoms with Gasteiger partial charge in [0.15, 0.2) is 5.17 Å². The molecule has 0 spiro atoms. The largest absolute Gasteiger partial charge is 0.494 e. The molecule has 1 saturated heterocycles. The van der Waals surface area contributed by atoms with Crippen molar-refractivity contribution in [2.45, 2.75) is 20.3 Å². The van der Waals surface area contributed by atoms with Crippen LogP contribution >= 0.6 is 11.8 Å². The number of amidine groups is 1. The number of carbonyl (C=O) groups excluding carboxylic acids is 2. The van der Waals surface area contributed by atoms with Gasteiger partial charge in [-0.1, -0.05) is 25.1 Å². The molecule has 6 nitrogen and oxygen atoms in total. The van der Waals surface area contributed by atoms with Gasteiger partial charge in [0.05, 0.1) is 29.9 Å². The molecule has 0 aromatic heterocycles. The highest BCUT2D eigenvalue weighted by Crippen LogP contribution is 2.34. The molecule has 2 aromatic carbocycles. The Kier molecular flexibility index (Phi) is 7.30. The van der Waals surface area contributed by atoms with E-state index in [9.17, 15) is 9.59 Å². The van der Waals surface area contributed by atoms with E-state index in [1.54, 1.807) is 29.2 Å². The zero-order valence-corrected chi connectivity index (χ0v) is 18.1. The number of likely N-dealkylation sites (N-methyl/N-ethyl adjacent to an activating group) is 1. The second kappa shape index (κ2) is 10.1. The summed E-state index contributed by atoms with van der Waals surface area (Å²) in [7, 11) is 1.34. The third-order valence-electron chi connectivity index (χ3n) is 4.35. The molecule has 0 radical (unpaired) electrons. The van der Waals surface area contributed by atoms with Crippen molar-refractivity contribution < 1.29 is 19.1 Å². The zero-order valence-electron chi connectivity index (χ0n) is 17.3. The molecule has 7 heteroatoms. The standard InChI is InChI=1S/C23H24N2O4S/c1-4-13-29-19-11-9-16(10-12-19)14-20-21(26)25(5-2)23(30-20)24-18-8-6-7-17(15-18)22(27)28-3/h6-12,14-15H,4-5,13H2,1-3H3. The average molecular weight is 425 g/mol. The second-order valence-electron chi connectivity index (χ2n) is 6.51. The van der Waals surface area contributed by atoms with E-state index in [0.29, 0.717) is 34.5 Å². The molecule has 0 aliphatic carbocycles. The molecule has 0 bridgehead atoms. The van der Waals surface area contributed by atoms with Crippen LogP contribution < -0.4 is 4.74 Å². The van der Waals surface area contributed by atoms with Gasteiger partial charge in [0, 0.05) is 6.54 Å². The number of aliphatic imine (C=N–C) groups is 1. The van der Waals surface area contributed by atoms with Gasteiger partial charge in [0.2, 0.25) is 0 Å². The molecule has 1 heterocycles. The van der Waals surface area contributed by atoms with Gasteiger partial charge in [0.1, 0.15) is 5.75 Å². The molecule has 3 rings (SSSR count). The highest BCUT2D eigenvalue weighted by Gasteiger charge is 2.32. The molecule has 1 fully saturated rings. The molecule has 0 atom stereocenters. The molecular weight excluding hydrogens is 400 g/mol. The van der Waals surface area contributed by atoms with Gasteiger partial charge in [-0.2, -0.15) is 0 Å². The smallest absolute Gasteiger partial charge is 0.337 e. The van der Waals surface area contributed by atoms with E-state index in [2.05, 4.69) is 11.9 Å². The fourth-order valence-corrected chi connectivity index (χ4v) is 3.89. The first-order valence-corrected chi connectivity index (χ1v) is 10.6. The lowest BCUT2D eigenvalue weighted by atomic mass is 10.2. The van der Waals surface area contributed by atoms with Crippen LogP contribution in [0.15, 0.2) is 58.4 Å². The number of hydrogen-bond donors (Lipinski definition) is 0. The Morgan fingerprint density at radius 2 is 1.93 bits per heavy atom. The Bertz CT molecular complexity index is 983. The molecule has 2 aromatic rings. The topological polar surface area (TPSA) is 68.2 Å². The summed E-state index contributed by atoms with van der Waals surface area (Å²) < 4.78 is 10.4. The Balaban J connectivity index is 1.83. The first-order chi connectivity index (χ1) is 14.5. The van der Waals surface area contributed by atoms with Gasteiger partial charge in [-0.25, -0.2) is 9.79 Å². The fourth-order valence-electron chi connectivity index (χ4n) is 2.83. The molecule has 0 N–H and O–H groups in total. The van der Waals surface area contributed by atoms with Crippen LogP contribution in [-0.4, -0.2) is 42.2 Å². The third-order valence-corrected chi connectivity index (χ3v) is 5.35. The Hall–Kier alpha value is -3.06. The van der Waals surface area contributed by atoms with Crippen molar-refractivity contribution in [1.82, 2.24) is 4.90 Å². The predicted octanol–water partition coefficient (Wildman–Crippen LogP) is 4.89. The number of ether oxygens (including phenoxy) is 2. The minimum Gasteiger partial charge on any atom is -0.494 e. The molecular formula is C23H24N2O4S. The number of carbonyl (C=O) groups is 2. The Morgan fingerprint density at radius 3 is 2.60 bits per heavy atom. The summed E-state index contributed by atoms with van der Waals surface area (Å²) in [6.07, 6.45) is 2.81. The molecule has 156 valence electrons. The number of methoxy groups -OCH3 is 1. The first kappa shape index (κ1) is 21.6. The van der Waals surface area contributed by atoms with E-state index in [1.165, 1.54) is 18.9 Å². The Morgan fingerprint density at radius 1 is 1.17 bits per heavy atom. The second-order valence-corrected chi connectivity index (χ2v) is 7.52. The summed E-state index contributed by atoms with van der Waals surface area (Å²) in [5, 5.41) is 0.582. The van der Waals surface area contributed by atoms with Crippen LogP contribution in [-0.2, 0) is 9.53 Å². The van der Waals surface area contributed by atoms with E-state index in [1.807, 2.05) is 37.3 Å². The highest BCUT2D eigenvalue weighted by molar-refractivity contribution is 8.18. The van der Waals surface area contributed by atoms with Crippen molar-refractivity contribution in [3.8, 4) is 5.75 Å². The van der Waals surface area contributed by atoms with Crippen LogP contribution in [0.25, 0.3) is 6.08 Å². The van der Waals surface area contributed by atoms with E-state index in [0.717, 1.165) is 17.7 Å². The molecule has 0 saturated carbocycles. The number of amides is 1. The minimum absolute atomic E-state index is 0.0864. The summed E-state index contributed by atoms with van der Waals surface area (Å²) in [5.41, 5.74) is 1.92. The van der Waals surface area contributed by atoms with Crippen LogP contribution in [0, 0.1) is 0 Å². The van der Waals surface area contributed by atoms with Crippen molar-refractivity contribution in [3.05, 3.63) is 64.6 Å². The number of esters is 1. The first-order valence-electron chi connectivity index (χ1n) is 9.77. The van der Waals surface area contributed by atoms with Crippen molar-refractivity contribution in [2.75, 3.05) is 20.3 Å². The van der Waals surface area contributed by atoms with E-state index < -0.39 is 5.97 Å². The third kappa shape index (κ3) is 5.10. The van der Waals surface area contributed by atoms with Crippen molar-refractivity contribution in [2.24, 2.45) is 4.99 Å². The molecule has 1 aliphatic rings. The van der Waals surface area contributed by atoms with Crippen LogP contribution in [0.3, 0.4) is 0 Å². The van der Waals surface area contributed by atoms with E-state index >= 15 is 0 Å². The zero-order chi connectivity index (χ0) is 21.5. The molecule has 30 heavy (non-hydrogen) atoms. The monoisotopic (exact) mass is 424 g/mol. The lowest BCUT2D eigenvalue weighted by Gasteiger charge is -2.12. The Labute approximate surface area is 180 Å². The number of hydrogen-bond acceptors (Lipinski definition) is 6. The van der Waals surface area contributed by atoms with Crippen molar-refractivity contribution in [1.29, 1.82) is 0 Å². The summed E-state index contributed by atoms with van der Waals surface area (Å²) in [5.74, 6) is 0.301. The lowest BCUT2D eigenvalue weighted by molar-refractivity contribution is -0.122. The quantitative estimate of drug-likeness (QED) is 0.468. The van der Waals surface area contributed by atoms with Gasteiger partial charge in [-0.3, -0.25) is 9.69 Å². The highest BCUT2D eigenvalue weighted by atomic mass is 32.2. The van der Waals surface area contributed by atoms with Gasteiger partial charge >= 0.3 is 5.97 Å². The molecule has 1 aliphatic heterocycles. The molecule has 1 amide bonds. The maximum atomic E-state index is 12.8. The fraction of sp³-hybridized carbons (Fsp3) is 0.261. The van der Waals surface area contributed by atoms with Crippen LogP contribution in [0.2, 0.25) is 0 Å². The van der Waals surface area contributed by atoms with Crippen LogP contribution in [0.4, 0.5) is 5.69 Å². The molecule has 0 unspecified atom stereocenters. The van der Waals surface area contributed by atoms with E-state index in [-0.39, 0.29) is 5.91 Å². The number of benzene rings is 2. The summed E-state index contributed by atoms with van der Waals surface area (Å²) in [6.45, 7) is 5.15. The summed E-state index contributed by atoms with van der Waals surface area (Å²) in [6, 6.07) is 14.5. The van der Waals surface area contributed by atoms with Gasteiger partial charge in [0.25, 0.3) is 5.91 Å². The summed E-state index contributed by atoms with van der Waals surface area (Å²) >= 11 is 1.32. The van der Waals surface area contributed by atoms with Crippen molar-refractivity contribution >= 4 is 40.6 Å². The summed E-state index contributed by atoms with van der Waals surface area (Å²) in [4.78, 5) is 31.4. The SMILES string of the molecule is CCCOc1ccc(C=C2SC(=Nc3cccc(C(=O)OC)c3)N(CC)C2=O)cc1.